The van der Waals surface area contributed by atoms with Gasteiger partial charge in [0.25, 0.3) is 0 Å². The van der Waals surface area contributed by atoms with Crippen molar-refractivity contribution in [2.24, 2.45) is 0 Å². The Balaban J connectivity index is 1.68. The Kier molecular flexibility index (Phi) is 4.51. The van der Waals surface area contributed by atoms with Gasteiger partial charge in [-0.15, -0.1) is 22.7 Å². The molecule has 0 radical (unpaired) electrons. The van der Waals surface area contributed by atoms with Crippen LogP contribution in [0, 0.1) is 6.92 Å². The van der Waals surface area contributed by atoms with E-state index < -0.39 is 0 Å². The van der Waals surface area contributed by atoms with E-state index in [0.717, 1.165) is 34.9 Å². The molecule has 0 amide bonds. The third-order valence-electron chi connectivity index (χ3n) is 4.29. The summed E-state index contributed by atoms with van der Waals surface area (Å²) in [7, 11) is 0. The van der Waals surface area contributed by atoms with Gasteiger partial charge in [0.2, 0.25) is 0 Å². The van der Waals surface area contributed by atoms with Crippen LogP contribution < -0.4 is 0 Å². The van der Waals surface area contributed by atoms with Gasteiger partial charge >= 0.3 is 0 Å². The summed E-state index contributed by atoms with van der Waals surface area (Å²) in [5, 5.41) is 5.33. The second kappa shape index (κ2) is 6.94. The molecule has 4 aromatic heterocycles. The van der Waals surface area contributed by atoms with E-state index in [9.17, 15) is 0 Å². The second-order valence-electron chi connectivity index (χ2n) is 5.95. The molecule has 0 aliphatic heterocycles. The van der Waals surface area contributed by atoms with Gasteiger partial charge < -0.3 is 4.57 Å². The van der Waals surface area contributed by atoms with E-state index in [1.54, 1.807) is 22.7 Å². The summed E-state index contributed by atoms with van der Waals surface area (Å²) in [6, 6.07) is 12.8. The lowest BCUT2D eigenvalue weighted by molar-refractivity contribution is 0.794. The molecule has 25 heavy (non-hydrogen) atoms. The average Bonchev–Trinajstić information content (AvgIpc) is 3.38. The fraction of sp³-hybridized carbons (Fsp3) is 0.200. The van der Waals surface area contributed by atoms with E-state index in [4.69, 9.17) is 4.98 Å². The molecule has 0 aliphatic carbocycles. The second-order valence-corrected chi connectivity index (χ2v) is 7.84. The molecule has 126 valence electrons. The largest absolute Gasteiger partial charge is 0.338 e. The highest BCUT2D eigenvalue weighted by Gasteiger charge is 2.13. The molecule has 0 saturated carbocycles. The number of pyridine rings is 1. The van der Waals surface area contributed by atoms with Gasteiger partial charge in [0.1, 0.15) is 5.01 Å². The first-order valence-electron chi connectivity index (χ1n) is 8.34. The number of aromatic nitrogens is 3. The minimum absolute atomic E-state index is 0.897. The van der Waals surface area contributed by atoms with E-state index in [0.29, 0.717) is 0 Å². The van der Waals surface area contributed by atoms with Crippen molar-refractivity contribution in [1.82, 2.24) is 14.5 Å². The van der Waals surface area contributed by atoms with Crippen molar-refractivity contribution in [3.8, 4) is 22.0 Å². The summed E-state index contributed by atoms with van der Waals surface area (Å²) in [6.45, 7) is 5.17. The standard InChI is InChI=1S/C20H19N3S2/c1-3-16-11-15(8-9-21-16)20-22-18(13-25-20)19-7-6-14(2)23(19)12-17-5-4-10-24-17/h4-11,13H,3,12H2,1-2H3. The zero-order valence-corrected chi connectivity index (χ0v) is 15.9. The minimum atomic E-state index is 0.897. The van der Waals surface area contributed by atoms with Crippen molar-refractivity contribution >= 4 is 22.7 Å². The maximum Gasteiger partial charge on any atom is 0.124 e. The van der Waals surface area contributed by atoms with Gasteiger partial charge in [-0.2, -0.15) is 0 Å². The van der Waals surface area contributed by atoms with Crippen molar-refractivity contribution < 1.29 is 0 Å². The van der Waals surface area contributed by atoms with Crippen LogP contribution in [0.15, 0.2) is 53.4 Å². The van der Waals surface area contributed by atoms with Gasteiger partial charge in [-0.3, -0.25) is 4.98 Å². The maximum atomic E-state index is 4.90. The van der Waals surface area contributed by atoms with Gasteiger partial charge in [0, 0.05) is 33.4 Å². The predicted octanol–water partition coefficient (Wildman–Crippen LogP) is 5.65. The van der Waals surface area contributed by atoms with Crippen LogP contribution in [-0.2, 0) is 13.0 Å². The Bertz CT molecular complexity index is 980. The lowest BCUT2D eigenvalue weighted by Gasteiger charge is -2.09. The number of hydrogen-bond acceptors (Lipinski definition) is 4. The zero-order chi connectivity index (χ0) is 17.2. The summed E-state index contributed by atoms with van der Waals surface area (Å²) in [5.41, 5.74) is 5.73. The quantitative estimate of drug-likeness (QED) is 0.457. The molecule has 0 fully saturated rings. The molecule has 0 unspecified atom stereocenters. The summed E-state index contributed by atoms with van der Waals surface area (Å²) < 4.78 is 2.34. The maximum absolute atomic E-state index is 4.90. The third kappa shape index (κ3) is 3.30. The number of thiophene rings is 1. The summed E-state index contributed by atoms with van der Waals surface area (Å²) in [4.78, 5) is 10.6. The van der Waals surface area contributed by atoms with Crippen molar-refractivity contribution in [2.45, 2.75) is 26.8 Å². The summed E-state index contributed by atoms with van der Waals surface area (Å²) >= 11 is 3.49. The van der Waals surface area contributed by atoms with E-state index in [1.807, 2.05) is 12.3 Å². The smallest absolute Gasteiger partial charge is 0.124 e. The first-order chi connectivity index (χ1) is 12.2. The third-order valence-corrected chi connectivity index (χ3v) is 6.04. The van der Waals surface area contributed by atoms with Crippen LogP contribution in [0.1, 0.15) is 23.2 Å². The molecule has 0 spiro atoms. The molecular formula is C20H19N3S2. The zero-order valence-electron chi connectivity index (χ0n) is 14.3. The topological polar surface area (TPSA) is 30.7 Å². The number of rotatable bonds is 5. The molecule has 0 aliphatic rings. The Hall–Kier alpha value is -2.24. The van der Waals surface area contributed by atoms with Crippen molar-refractivity contribution in [3.63, 3.8) is 0 Å². The fourth-order valence-electron chi connectivity index (χ4n) is 2.89. The lowest BCUT2D eigenvalue weighted by Crippen LogP contribution is -2.02. The van der Waals surface area contributed by atoms with E-state index in [2.05, 4.69) is 64.5 Å². The average molecular weight is 366 g/mol. The molecule has 0 atom stereocenters. The monoisotopic (exact) mass is 365 g/mol. The number of nitrogens with zero attached hydrogens (tertiary/aromatic N) is 3. The molecule has 0 saturated heterocycles. The summed E-state index contributed by atoms with van der Waals surface area (Å²) in [5.74, 6) is 0. The van der Waals surface area contributed by atoms with Crippen LogP contribution in [-0.4, -0.2) is 14.5 Å². The molecule has 4 heterocycles. The molecule has 0 bridgehead atoms. The molecular weight excluding hydrogens is 346 g/mol. The van der Waals surface area contributed by atoms with Gasteiger partial charge in [-0.1, -0.05) is 13.0 Å². The number of hydrogen-bond donors (Lipinski definition) is 0. The van der Waals surface area contributed by atoms with Crippen LogP contribution in [0.2, 0.25) is 0 Å². The van der Waals surface area contributed by atoms with Crippen molar-refractivity contribution in [1.29, 1.82) is 0 Å². The van der Waals surface area contributed by atoms with Crippen molar-refractivity contribution in [3.05, 3.63) is 69.6 Å². The Morgan fingerprint density at radius 1 is 1.12 bits per heavy atom. The van der Waals surface area contributed by atoms with Crippen LogP contribution in [0.25, 0.3) is 22.0 Å². The molecule has 5 heteroatoms. The molecule has 4 rings (SSSR count). The number of thiazole rings is 1. The van der Waals surface area contributed by atoms with Crippen LogP contribution in [0.4, 0.5) is 0 Å². The first-order valence-corrected chi connectivity index (χ1v) is 10.1. The Labute approximate surface area is 155 Å². The predicted molar refractivity (Wildman–Crippen MR) is 106 cm³/mol. The fourth-order valence-corrected chi connectivity index (χ4v) is 4.39. The van der Waals surface area contributed by atoms with E-state index in [-0.39, 0.29) is 0 Å². The SMILES string of the molecule is CCc1cc(-c2nc(-c3ccc(C)n3Cc3cccs3)cs2)ccn1. The van der Waals surface area contributed by atoms with Gasteiger partial charge in [0.05, 0.1) is 17.9 Å². The van der Waals surface area contributed by atoms with Crippen LogP contribution in [0.3, 0.4) is 0 Å². The van der Waals surface area contributed by atoms with Crippen LogP contribution in [0.5, 0.6) is 0 Å². The Morgan fingerprint density at radius 2 is 2.04 bits per heavy atom. The first kappa shape index (κ1) is 16.2. The van der Waals surface area contributed by atoms with E-state index >= 15 is 0 Å². The van der Waals surface area contributed by atoms with Gasteiger partial charge in [-0.05, 0) is 49.1 Å². The van der Waals surface area contributed by atoms with Gasteiger partial charge in [-0.25, -0.2) is 4.98 Å². The van der Waals surface area contributed by atoms with Crippen LogP contribution >= 0.6 is 22.7 Å². The highest BCUT2D eigenvalue weighted by Crippen LogP contribution is 2.30. The molecule has 4 aromatic rings. The normalized spacial score (nSPS) is 11.1. The molecule has 0 aromatic carbocycles. The van der Waals surface area contributed by atoms with Crippen molar-refractivity contribution in [2.75, 3.05) is 0 Å². The highest BCUT2D eigenvalue weighted by atomic mass is 32.1. The summed E-state index contributed by atoms with van der Waals surface area (Å²) in [6.07, 6.45) is 2.81. The van der Waals surface area contributed by atoms with E-state index in [1.165, 1.54) is 16.3 Å². The number of aryl methyl sites for hydroxylation is 2. The molecule has 3 nitrogen and oxygen atoms in total. The molecule has 0 N–H and O–H groups in total. The van der Waals surface area contributed by atoms with Gasteiger partial charge in [0.15, 0.2) is 0 Å². The minimum Gasteiger partial charge on any atom is -0.338 e. The highest BCUT2D eigenvalue weighted by molar-refractivity contribution is 7.13. The lowest BCUT2D eigenvalue weighted by atomic mass is 10.2. The Morgan fingerprint density at radius 3 is 2.84 bits per heavy atom.